The first-order chi connectivity index (χ1) is 9.39. The molecule has 0 unspecified atom stereocenters. The van der Waals surface area contributed by atoms with Crippen molar-refractivity contribution in [3.8, 4) is 11.5 Å². The Bertz CT molecular complexity index is 558. The molecule has 0 fully saturated rings. The zero-order valence-electron chi connectivity index (χ0n) is 11.0. The molecular weight excluding hydrogens is 354 g/mol. The molecule has 114 valence electrons. The van der Waals surface area contributed by atoms with E-state index in [9.17, 15) is 8.42 Å². The minimum Gasteiger partial charge on any atom is -0.493 e. The van der Waals surface area contributed by atoms with Gasteiger partial charge in [-0.25, -0.2) is 13.1 Å². The molecule has 0 saturated carbocycles. The van der Waals surface area contributed by atoms with Crippen molar-refractivity contribution in [3.05, 3.63) is 16.6 Å². The highest BCUT2D eigenvalue weighted by Crippen LogP contribution is 2.35. The molecule has 0 amide bonds. The van der Waals surface area contributed by atoms with Gasteiger partial charge in [0, 0.05) is 10.5 Å². The Balaban J connectivity index is 3.24. The fraction of sp³-hybridized carbons (Fsp3) is 0.455. The van der Waals surface area contributed by atoms with Crippen LogP contribution in [-0.2, 0) is 10.0 Å². The van der Waals surface area contributed by atoms with E-state index in [1.807, 2.05) is 0 Å². The second-order valence-electron chi connectivity index (χ2n) is 3.82. The minimum atomic E-state index is -3.92. The number of rotatable bonds is 7. The third-order valence-corrected chi connectivity index (χ3v) is 4.97. The van der Waals surface area contributed by atoms with Crippen LogP contribution in [0.1, 0.15) is 0 Å². The number of hydrogen-bond donors (Lipinski definition) is 3. The van der Waals surface area contributed by atoms with E-state index in [-0.39, 0.29) is 15.1 Å². The first-order valence-electron chi connectivity index (χ1n) is 5.55. The van der Waals surface area contributed by atoms with E-state index in [0.717, 1.165) is 0 Å². The molecule has 7 nitrogen and oxygen atoms in total. The van der Waals surface area contributed by atoms with Gasteiger partial charge >= 0.3 is 0 Å². The van der Waals surface area contributed by atoms with Crippen molar-refractivity contribution in [1.82, 2.24) is 4.72 Å². The highest BCUT2D eigenvalue weighted by molar-refractivity contribution is 9.10. The summed E-state index contributed by atoms with van der Waals surface area (Å²) in [5.74, 6) is 0.625. The summed E-state index contributed by atoms with van der Waals surface area (Å²) in [4.78, 5) is -0.0814. The molecule has 0 aliphatic carbocycles. The molecule has 0 bridgehead atoms. The molecule has 0 saturated heterocycles. The molecule has 1 aromatic carbocycles. The average molecular weight is 370 g/mol. The van der Waals surface area contributed by atoms with Crippen LogP contribution in [0.25, 0.3) is 0 Å². The van der Waals surface area contributed by atoms with Crippen LogP contribution in [0.2, 0.25) is 0 Å². The standard InChI is InChI=1S/C11H16BrNO6S/c1-18-9-3-8(12)11(4-10(9)19-2)20(16,17)13-7(5-14)6-15/h3-4,7,13-15H,5-6H2,1-2H3. The predicted molar refractivity (Wildman–Crippen MR) is 75.5 cm³/mol. The minimum absolute atomic E-state index is 0.0814. The maximum atomic E-state index is 12.2. The third-order valence-electron chi connectivity index (χ3n) is 2.49. The SMILES string of the molecule is COc1cc(Br)c(S(=O)(=O)NC(CO)CO)cc1OC. The van der Waals surface area contributed by atoms with Crippen LogP contribution in [-0.4, -0.2) is 52.1 Å². The lowest BCUT2D eigenvalue weighted by Gasteiger charge is -2.16. The molecule has 0 aromatic heterocycles. The van der Waals surface area contributed by atoms with Crippen LogP contribution >= 0.6 is 15.9 Å². The molecule has 0 spiro atoms. The van der Waals surface area contributed by atoms with Gasteiger partial charge in [0.1, 0.15) is 4.90 Å². The number of ether oxygens (including phenoxy) is 2. The normalized spacial score (nSPS) is 11.7. The molecule has 9 heteroatoms. The molecule has 1 rings (SSSR count). The fourth-order valence-electron chi connectivity index (χ4n) is 1.46. The number of hydrogen-bond acceptors (Lipinski definition) is 6. The quantitative estimate of drug-likeness (QED) is 0.629. The second kappa shape index (κ2) is 7.23. The Morgan fingerprint density at radius 3 is 2.15 bits per heavy atom. The highest BCUT2D eigenvalue weighted by Gasteiger charge is 2.24. The summed E-state index contributed by atoms with van der Waals surface area (Å²) < 4.78 is 36.9. The number of aliphatic hydroxyl groups excluding tert-OH is 2. The van der Waals surface area contributed by atoms with Crippen molar-refractivity contribution in [2.75, 3.05) is 27.4 Å². The average Bonchev–Trinajstić information content (AvgIpc) is 2.43. The zero-order valence-corrected chi connectivity index (χ0v) is 13.4. The molecule has 1 aromatic rings. The van der Waals surface area contributed by atoms with Gasteiger partial charge in [-0.1, -0.05) is 0 Å². The van der Waals surface area contributed by atoms with Gasteiger partial charge in [-0.2, -0.15) is 0 Å². The van der Waals surface area contributed by atoms with Gasteiger partial charge in [0.25, 0.3) is 0 Å². The van der Waals surface area contributed by atoms with Gasteiger partial charge in [-0.3, -0.25) is 0 Å². The van der Waals surface area contributed by atoms with E-state index >= 15 is 0 Å². The lowest BCUT2D eigenvalue weighted by atomic mass is 10.3. The van der Waals surface area contributed by atoms with Crippen molar-refractivity contribution < 1.29 is 28.1 Å². The summed E-state index contributed by atoms with van der Waals surface area (Å²) >= 11 is 3.14. The molecule has 20 heavy (non-hydrogen) atoms. The number of sulfonamides is 1. The Kier molecular flexibility index (Phi) is 6.21. The first-order valence-corrected chi connectivity index (χ1v) is 7.82. The largest absolute Gasteiger partial charge is 0.493 e. The van der Waals surface area contributed by atoms with Crippen molar-refractivity contribution in [3.63, 3.8) is 0 Å². The van der Waals surface area contributed by atoms with E-state index in [4.69, 9.17) is 19.7 Å². The molecule has 0 radical (unpaired) electrons. The summed E-state index contributed by atoms with van der Waals surface area (Å²) in [6, 6.07) is 1.78. The maximum absolute atomic E-state index is 12.2. The van der Waals surface area contributed by atoms with Gasteiger partial charge in [0.05, 0.1) is 33.5 Å². The number of methoxy groups -OCH3 is 2. The zero-order chi connectivity index (χ0) is 15.3. The lowest BCUT2D eigenvalue weighted by Crippen LogP contribution is -2.40. The van der Waals surface area contributed by atoms with Gasteiger partial charge in [-0.05, 0) is 22.0 Å². The monoisotopic (exact) mass is 369 g/mol. The summed E-state index contributed by atoms with van der Waals surface area (Å²) in [6.45, 7) is -1.03. The van der Waals surface area contributed by atoms with Crippen LogP contribution in [0.4, 0.5) is 0 Å². The van der Waals surface area contributed by atoms with E-state index in [0.29, 0.717) is 5.75 Å². The van der Waals surface area contributed by atoms with E-state index < -0.39 is 29.3 Å². The highest BCUT2D eigenvalue weighted by atomic mass is 79.9. The molecule has 0 aliphatic heterocycles. The molecule has 3 N–H and O–H groups in total. The van der Waals surface area contributed by atoms with Crippen LogP contribution < -0.4 is 14.2 Å². The molecule has 0 atom stereocenters. The lowest BCUT2D eigenvalue weighted by molar-refractivity contribution is 0.185. The van der Waals surface area contributed by atoms with Gasteiger partial charge in [0.15, 0.2) is 11.5 Å². The van der Waals surface area contributed by atoms with Crippen LogP contribution in [0.3, 0.4) is 0 Å². The molecule has 0 heterocycles. The Labute approximate surface area is 125 Å². The number of halogens is 1. The van der Waals surface area contributed by atoms with Crippen molar-refractivity contribution in [2.45, 2.75) is 10.9 Å². The van der Waals surface area contributed by atoms with E-state index in [1.54, 1.807) is 0 Å². The van der Waals surface area contributed by atoms with Gasteiger partial charge in [-0.15, -0.1) is 0 Å². The first kappa shape index (κ1) is 17.2. The van der Waals surface area contributed by atoms with E-state index in [1.165, 1.54) is 26.4 Å². The third kappa shape index (κ3) is 3.83. The Hall–Kier alpha value is -0.870. The summed E-state index contributed by atoms with van der Waals surface area (Å²) in [6.07, 6.45) is 0. The summed E-state index contributed by atoms with van der Waals surface area (Å²) in [7, 11) is -1.10. The molecule has 0 aliphatic rings. The Morgan fingerprint density at radius 1 is 1.20 bits per heavy atom. The fourth-order valence-corrected chi connectivity index (χ4v) is 3.71. The van der Waals surface area contributed by atoms with E-state index in [2.05, 4.69) is 20.7 Å². The topological polar surface area (TPSA) is 105 Å². The van der Waals surface area contributed by atoms with Crippen LogP contribution in [0.15, 0.2) is 21.5 Å². The van der Waals surface area contributed by atoms with Crippen molar-refractivity contribution >= 4 is 26.0 Å². The predicted octanol–water partition coefficient (Wildman–Crippen LogP) is 0.0978. The van der Waals surface area contributed by atoms with Crippen LogP contribution in [0, 0.1) is 0 Å². The molecular formula is C11H16BrNO6S. The number of aliphatic hydroxyl groups is 2. The number of benzene rings is 1. The second-order valence-corrected chi connectivity index (χ2v) is 6.36. The van der Waals surface area contributed by atoms with Crippen molar-refractivity contribution in [1.29, 1.82) is 0 Å². The van der Waals surface area contributed by atoms with Crippen molar-refractivity contribution in [2.24, 2.45) is 0 Å². The van der Waals surface area contributed by atoms with Crippen LogP contribution in [0.5, 0.6) is 11.5 Å². The summed E-state index contributed by atoms with van der Waals surface area (Å²) in [5.41, 5.74) is 0. The smallest absolute Gasteiger partial charge is 0.242 e. The summed E-state index contributed by atoms with van der Waals surface area (Å²) in [5, 5.41) is 17.9. The maximum Gasteiger partial charge on any atom is 0.242 e. The number of nitrogens with one attached hydrogen (secondary N) is 1. The van der Waals surface area contributed by atoms with Gasteiger partial charge < -0.3 is 19.7 Å². The Morgan fingerprint density at radius 2 is 1.70 bits per heavy atom. The van der Waals surface area contributed by atoms with Gasteiger partial charge in [0.2, 0.25) is 10.0 Å².